The molecule has 2 aromatic rings. The SMILES string of the molecule is Cl.Cl.Cl.Nc1ccc(CCc2ccncc2)c(N)c1. The zero-order valence-electron chi connectivity index (χ0n) is 10.3. The van der Waals surface area contributed by atoms with Gasteiger partial charge in [0, 0.05) is 23.8 Å². The van der Waals surface area contributed by atoms with Crippen molar-refractivity contribution < 1.29 is 0 Å². The lowest BCUT2D eigenvalue weighted by Gasteiger charge is -2.06. The maximum atomic E-state index is 5.89. The second-order valence-electron chi connectivity index (χ2n) is 3.81. The number of hydrogen-bond acceptors (Lipinski definition) is 3. The quantitative estimate of drug-likeness (QED) is 0.852. The molecule has 0 radical (unpaired) electrons. The van der Waals surface area contributed by atoms with E-state index in [-0.39, 0.29) is 37.2 Å². The second kappa shape index (κ2) is 9.73. The standard InChI is InChI=1S/C13H15N3.3ClH/c14-12-4-3-11(13(15)9-12)2-1-10-5-7-16-8-6-10;;;/h3-9H,1-2,14-15H2;3*1H. The van der Waals surface area contributed by atoms with Gasteiger partial charge in [-0.3, -0.25) is 4.98 Å². The average Bonchev–Trinajstić information content (AvgIpc) is 2.29. The molecule has 0 aliphatic heterocycles. The van der Waals surface area contributed by atoms with Crippen molar-refractivity contribution in [1.82, 2.24) is 4.98 Å². The summed E-state index contributed by atoms with van der Waals surface area (Å²) in [5.74, 6) is 0. The smallest absolute Gasteiger partial charge is 0.0367 e. The molecule has 0 aliphatic carbocycles. The Labute approximate surface area is 132 Å². The molecule has 106 valence electrons. The number of rotatable bonds is 3. The molecule has 0 fully saturated rings. The van der Waals surface area contributed by atoms with Crippen LogP contribution in [0.2, 0.25) is 0 Å². The highest BCUT2D eigenvalue weighted by Gasteiger charge is 2.00. The van der Waals surface area contributed by atoms with Gasteiger partial charge in [-0.2, -0.15) is 0 Å². The highest BCUT2D eigenvalue weighted by Crippen LogP contribution is 2.17. The van der Waals surface area contributed by atoms with Crippen LogP contribution in [0, 0.1) is 0 Å². The third-order valence-electron chi connectivity index (χ3n) is 2.60. The van der Waals surface area contributed by atoms with Crippen molar-refractivity contribution in [2.45, 2.75) is 12.8 Å². The number of aryl methyl sites for hydroxylation is 2. The summed E-state index contributed by atoms with van der Waals surface area (Å²) in [5, 5.41) is 0. The van der Waals surface area contributed by atoms with E-state index in [1.807, 2.05) is 42.7 Å². The molecule has 3 nitrogen and oxygen atoms in total. The number of nitrogen functional groups attached to an aromatic ring is 2. The van der Waals surface area contributed by atoms with Crippen LogP contribution in [0.15, 0.2) is 42.7 Å². The first-order valence-electron chi connectivity index (χ1n) is 5.28. The number of nitrogens with zero attached hydrogens (tertiary/aromatic N) is 1. The van der Waals surface area contributed by atoms with Gasteiger partial charge < -0.3 is 11.5 Å². The van der Waals surface area contributed by atoms with Crippen LogP contribution in [0.25, 0.3) is 0 Å². The topological polar surface area (TPSA) is 64.9 Å². The van der Waals surface area contributed by atoms with Gasteiger partial charge in [-0.15, -0.1) is 37.2 Å². The summed E-state index contributed by atoms with van der Waals surface area (Å²) in [4.78, 5) is 3.99. The fourth-order valence-corrected chi connectivity index (χ4v) is 1.67. The first-order valence-corrected chi connectivity index (χ1v) is 5.28. The summed E-state index contributed by atoms with van der Waals surface area (Å²) in [5.41, 5.74) is 15.4. The van der Waals surface area contributed by atoms with E-state index in [1.54, 1.807) is 0 Å². The van der Waals surface area contributed by atoms with Crippen LogP contribution in [0.3, 0.4) is 0 Å². The van der Waals surface area contributed by atoms with Gasteiger partial charge in [-0.1, -0.05) is 6.07 Å². The van der Waals surface area contributed by atoms with Gasteiger partial charge in [-0.05, 0) is 48.2 Å². The van der Waals surface area contributed by atoms with Gasteiger partial charge in [0.15, 0.2) is 0 Å². The molecule has 0 amide bonds. The van der Waals surface area contributed by atoms with Gasteiger partial charge in [-0.25, -0.2) is 0 Å². The molecule has 6 heteroatoms. The third kappa shape index (κ3) is 6.01. The first kappa shape index (κ1) is 20.2. The number of nitrogens with two attached hydrogens (primary N) is 2. The van der Waals surface area contributed by atoms with Crippen LogP contribution in [0.4, 0.5) is 11.4 Å². The van der Waals surface area contributed by atoms with Crippen LogP contribution in [0.5, 0.6) is 0 Å². The van der Waals surface area contributed by atoms with Crippen molar-refractivity contribution in [3.8, 4) is 0 Å². The zero-order chi connectivity index (χ0) is 11.4. The van der Waals surface area contributed by atoms with E-state index in [0.29, 0.717) is 5.69 Å². The normalized spacial score (nSPS) is 8.63. The summed E-state index contributed by atoms with van der Waals surface area (Å²) in [6.07, 6.45) is 5.51. The largest absolute Gasteiger partial charge is 0.399 e. The molecule has 4 N–H and O–H groups in total. The molecule has 0 saturated carbocycles. The Balaban J connectivity index is 0. The Morgan fingerprint density at radius 1 is 0.842 bits per heavy atom. The van der Waals surface area contributed by atoms with Crippen molar-refractivity contribution in [3.63, 3.8) is 0 Å². The minimum Gasteiger partial charge on any atom is -0.399 e. The summed E-state index contributed by atoms with van der Waals surface area (Å²) >= 11 is 0. The van der Waals surface area contributed by atoms with Crippen molar-refractivity contribution in [3.05, 3.63) is 53.9 Å². The van der Waals surface area contributed by atoms with E-state index >= 15 is 0 Å². The number of halogens is 3. The number of benzene rings is 1. The lowest BCUT2D eigenvalue weighted by atomic mass is 10.0. The average molecular weight is 323 g/mol. The van der Waals surface area contributed by atoms with Gasteiger partial charge >= 0.3 is 0 Å². The van der Waals surface area contributed by atoms with E-state index in [4.69, 9.17) is 11.5 Å². The van der Waals surface area contributed by atoms with E-state index in [1.165, 1.54) is 5.56 Å². The fraction of sp³-hybridized carbons (Fsp3) is 0.154. The van der Waals surface area contributed by atoms with Crippen LogP contribution >= 0.6 is 37.2 Å². The Morgan fingerprint density at radius 2 is 1.47 bits per heavy atom. The predicted octanol–water partition coefficient (Wildman–Crippen LogP) is 3.30. The van der Waals surface area contributed by atoms with Crippen molar-refractivity contribution in [2.75, 3.05) is 11.5 Å². The fourth-order valence-electron chi connectivity index (χ4n) is 1.67. The van der Waals surface area contributed by atoms with E-state index < -0.39 is 0 Å². The monoisotopic (exact) mass is 321 g/mol. The van der Waals surface area contributed by atoms with Crippen molar-refractivity contribution in [1.29, 1.82) is 0 Å². The summed E-state index contributed by atoms with van der Waals surface area (Å²) in [6.45, 7) is 0. The summed E-state index contributed by atoms with van der Waals surface area (Å²) < 4.78 is 0. The minimum atomic E-state index is 0. The molecule has 0 saturated heterocycles. The Kier molecular flexibility index (Phi) is 10.3. The molecule has 19 heavy (non-hydrogen) atoms. The number of hydrogen-bond donors (Lipinski definition) is 2. The lowest BCUT2D eigenvalue weighted by Crippen LogP contribution is -1.98. The van der Waals surface area contributed by atoms with Gasteiger partial charge in [0.2, 0.25) is 0 Å². The first-order chi connectivity index (χ1) is 7.75. The van der Waals surface area contributed by atoms with Crippen LogP contribution in [-0.2, 0) is 12.8 Å². The molecule has 0 bridgehead atoms. The Bertz CT molecular complexity index is 478. The second-order valence-corrected chi connectivity index (χ2v) is 3.81. The van der Waals surface area contributed by atoms with Crippen LogP contribution in [-0.4, -0.2) is 4.98 Å². The molecule has 0 unspecified atom stereocenters. The van der Waals surface area contributed by atoms with Crippen molar-refractivity contribution >= 4 is 48.6 Å². The third-order valence-corrected chi connectivity index (χ3v) is 2.60. The number of pyridine rings is 1. The van der Waals surface area contributed by atoms with Gasteiger partial charge in [0.25, 0.3) is 0 Å². The van der Waals surface area contributed by atoms with Crippen molar-refractivity contribution in [2.24, 2.45) is 0 Å². The van der Waals surface area contributed by atoms with Gasteiger partial charge in [0.1, 0.15) is 0 Å². The molecular formula is C13H18Cl3N3. The molecule has 1 heterocycles. The van der Waals surface area contributed by atoms with E-state index in [0.717, 1.165) is 24.1 Å². The highest BCUT2D eigenvalue weighted by molar-refractivity contribution is 5.86. The summed E-state index contributed by atoms with van der Waals surface area (Å²) in [7, 11) is 0. The van der Waals surface area contributed by atoms with Crippen LogP contribution in [0.1, 0.15) is 11.1 Å². The van der Waals surface area contributed by atoms with E-state index in [9.17, 15) is 0 Å². The molecule has 0 spiro atoms. The van der Waals surface area contributed by atoms with Gasteiger partial charge in [0.05, 0.1) is 0 Å². The molecule has 0 aliphatic rings. The number of aromatic nitrogens is 1. The molecule has 2 rings (SSSR count). The van der Waals surface area contributed by atoms with E-state index in [2.05, 4.69) is 4.98 Å². The minimum absolute atomic E-state index is 0. The number of anilines is 2. The zero-order valence-corrected chi connectivity index (χ0v) is 12.7. The maximum absolute atomic E-state index is 5.89. The highest BCUT2D eigenvalue weighted by atomic mass is 35.5. The molecule has 1 aromatic carbocycles. The Morgan fingerprint density at radius 3 is 2.05 bits per heavy atom. The Hall–Kier alpha value is -1.16. The van der Waals surface area contributed by atoms with Crippen LogP contribution < -0.4 is 11.5 Å². The molecular weight excluding hydrogens is 305 g/mol. The molecule has 1 aromatic heterocycles. The maximum Gasteiger partial charge on any atom is 0.0367 e. The predicted molar refractivity (Wildman–Crippen MR) is 88.7 cm³/mol. The lowest BCUT2D eigenvalue weighted by molar-refractivity contribution is 0.958. The summed E-state index contributed by atoms with van der Waals surface area (Å²) in [6, 6.07) is 9.73. The molecule has 0 atom stereocenters.